The van der Waals surface area contributed by atoms with Crippen LogP contribution in [0.2, 0.25) is 0 Å². The highest BCUT2D eigenvalue weighted by atomic mass is 32.1. The molecule has 4 nitrogen and oxygen atoms in total. The van der Waals surface area contributed by atoms with Crippen LogP contribution in [0, 0.1) is 0 Å². The van der Waals surface area contributed by atoms with E-state index in [1.165, 1.54) is 41.7 Å². The summed E-state index contributed by atoms with van der Waals surface area (Å²) in [5.74, 6) is 1.92. The van der Waals surface area contributed by atoms with Gasteiger partial charge in [-0.2, -0.15) is 9.97 Å². The number of thiophene rings is 1. The van der Waals surface area contributed by atoms with Crippen LogP contribution >= 0.6 is 11.3 Å². The standard InChI is InChI=1S/C37H22N4S/c1-3-11-23(12-4-1)35-38-36(24-13-5-2-6-14-24)40-37(39-35)41-31-18-10-9-17-27(31)28-19-20-29-30-21-25-15-7-8-16-26(25)22-32(30)42-34(29)33(28)41/h1-22H. The fourth-order valence-electron chi connectivity index (χ4n) is 6.07. The molecule has 3 aromatic heterocycles. The average molecular weight is 555 g/mol. The second-order valence-corrected chi connectivity index (χ2v) is 11.6. The maximum atomic E-state index is 5.12. The van der Waals surface area contributed by atoms with Crippen LogP contribution in [0.25, 0.3) is 81.5 Å². The van der Waals surface area contributed by atoms with Crippen molar-refractivity contribution in [3.8, 4) is 28.7 Å². The number of aromatic nitrogens is 4. The Kier molecular flexibility index (Phi) is 5.03. The molecule has 0 spiro atoms. The van der Waals surface area contributed by atoms with E-state index in [0.717, 1.165) is 22.2 Å². The van der Waals surface area contributed by atoms with Gasteiger partial charge in [0.15, 0.2) is 11.6 Å². The third-order valence-corrected chi connectivity index (χ3v) is 9.20. The van der Waals surface area contributed by atoms with Gasteiger partial charge < -0.3 is 0 Å². The molecule has 0 aliphatic carbocycles. The van der Waals surface area contributed by atoms with Crippen LogP contribution in [-0.2, 0) is 0 Å². The maximum absolute atomic E-state index is 5.12. The Bertz CT molecular complexity index is 2400. The molecular weight excluding hydrogens is 533 g/mol. The van der Waals surface area contributed by atoms with E-state index in [0.29, 0.717) is 17.6 Å². The zero-order valence-electron chi connectivity index (χ0n) is 22.4. The van der Waals surface area contributed by atoms with Crippen LogP contribution in [-0.4, -0.2) is 19.5 Å². The number of fused-ring (bicyclic) bond motifs is 8. The van der Waals surface area contributed by atoms with Gasteiger partial charge in [-0.05, 0) is 29.0 Å². The van der Waals surface area contributed by atoms with Gasteiger partial charge in [-0.1, -0.05) is 115 Å². The number of benzene rings is 6. The molecule has 9 rings (SSSR count). The Labute approximate surface area is 245 Å². The predicted octanol–water partition coefficient (Wildman–Crippen LogP) is 9.82. The molecule has 0 aliphatic rings. The molecule has 0 fully saturated rings. The monoisotopic (exact) mass is 554 g/mol. The van der Waals surface area contributed by atoms with E-state index in [-0.39, 0.29) is 0 Å². The molecule has 0 amide bonds. The molecule has 9 aromatic rings. The zero-order valence-corrected chi connectivity index (χ0v) is 23.2. The number of hydrogen-bond donors (Lipinski definition) is 0. The van der Waals surface area contributed by atoms with Crippen molar-refractivity contribution in [1.82, 2.24) is 19.5 Å². The largest absolute Gasteiger partial charge is 0.276 e. The second-order valence-electron chi connectivity index (χ2n) is 10.5. The minimum Gasteiger partial charge on any atom is -0.276 e. The summed E-state index contributed by atoms with van der Waals surface area (Å²) >= 11 is 1.84. The van der Waals surface area contributed by atoms with E-state index in [1.807, 2.05) is 47.7 Å². The fraction of sp³-hybridized carbons (Fsp3) is 0. The molecule has 42 heavy (non-hydrogen) atoms. The highest BCUT2D eigenvalue weighted by molar-refractivity contribution is 7.26. The van der Waals surface area contributed by atoms with Gasteiger partial charge in [0, 0.05) is 37.4 Å². The number of rotatable bonds is 3. The molecule has 0 unspecified atom stereocenters. The Balaban J connectivity index is 1.42. The van der Waals surface area contributed by atoms with Crippen molar-refractivity contribution >= 4 is 64.1 Å². The third-order valence-electron chi connectivity index (χ3n) is 8.03. The lowest BCUT2D eigenvalue weighted by Crippen LogP contribution is -2.06. The summed E-state index contributed by atoms with van der Waals surface area (Å²) in [6.07, 6.45) is 0. The van der Waals surface area contributed by atoms with Crippen LogP contribution in [0.15, 0.2) is 133 Å². The van der Waals surface area contributed by atoms with Gasteiger partial charge in [-0.15, -0.1) is 11.3 Å². The maximum Gasteiger partial charge on any atom is 0.238 e. The minimum atomic E-state index is 0.615. The second kappa shape index (κ2) is 9.06. The lowest BCUT2D eigenvalue weighted by atomic mass is 10.1. The molecular formula is C37H22N4S. The third kappa shape index (κ3) is 3.51. The first-order chi connectivity index (χ1) is 20.8. The topological polar surface area (TPSA) is 43.6 Å². The zero-order chi connectivity index (χ0) is 27.6. The molecule has 5 heteroatoms. The van der Waals surface area contributed by atoms with Crippen LogP contribution in [0.3, 0.4) is 0 Å². The van der Waals surface area contributed by atoms with Crippen molar-refractivity contribution in [2.24, 2.45) is 0 Å². The summed E-state index contributed by atoms with van der Waals surface area (Å²) in [4.78, 5) is 15.2. The molecule has 3 heterocycles. The normalized spacial score (nSPS) is 11.8. The summed E-state index contributed by atoms with van der Waals surface area (Å²) in [6, 6.07) is 46.6. The lowest BCUT2D eigenvalue weighted by molar-refractivity contribution is 0.955. The summed E-state index contributed by atoms with van der Waals surface area (Å²) in [7, 11) is 0. The van der Waals surface area contributed by atoms with E-state index in [2.05, 4.69) is 102 Å². The molecule has 0 saturated carbocycles. The van der Waals surface area contributed by atoms with Gasteiger partial charge in [-0.25, -0.2) is 4.98 Å². The highest BCUT2D eigenvalue weighted by Gasteiger charge is 2.21. The van der Waals surface area contributed by atoms with Gasteiger partial charge in [0.25, 0.3) is 0 Å². The van der Waals surface area contributed by atoms with Crippen molar-refractivity contribution in [3.05, 3.63) is 133 Å². The Morgan fingerprint density at radius 3 is 1.79 bits per heavy atom. The molecule has 0 N–H and O–H groups in total. The van der Waals surface area contributed by atoms with Crippen molar-refractivity contribution in [2.75, 3.05) is 0 Å². The molecule has 0 atom stereocenters. The predicted molar refractivity (Wildman–Crippen MR) is 175 cm³/mol. The van der Waals surface area contributed by atoms with Crippen LogP contribution in [0.5, 0.6) is 0 Å². The smallest absolute Gasteiger partial charge is 0.238 e. The SMILES string of the molecule is c1ccc(-c2nc(-c3ccccc3)nc(-n3c4ccccc4c4ccc5c6cc7ccccc7cc6sc5c43)n2)cc1. The summed E-state index contributed by atoms with van der Waals surface area (Å²) in [5.41, 5.74) is 4.12. The first-order valence-corrected chi connectivity index (χ1v) is 14.8. The number of para-hydroxylation sites is 1. The Morgan fingerprint density at radius 1 is 0.476 bits per heavy atom. The quantitative estimate of drug-likeness (QED) is 0.218. The van der Waals surface area contributed by atoms with Crippen molar-refractivity contribution in [2.45, 2.75) is 0 Å². The Hall–Kier alpha value is -5.39. The van der Waals surface area contributed by atoms with Gasteiger partial charge in [0.1, 0.15) is 0 Å². The van der Waals surface area contributed by atoms with Crippen LogP contribution in [0.1, 0.15) is 0 Å². The van der Waals surface area contributed by atoms with E-state index >= 15 is 0 Å². The summed E-state index contributed by atoms with van der Waals surface area (Å²) in [6.45, 7) is 0. The molecule has 0 saturated heterocycles. The van der Waals surface area contributed by atoms with Crippen molar-refractivity contribution in [3.63, 3.8) is 0 Å². The van der Waals surface area contributed by atoms with Crippen molar-refractivity contribution < 1.29 is 0 Å². The minimum absolute atomic E-state index is 0.615. The van der Waals surface area contributed by atoms with Gasteiger partial charge in [0.2, 0.25) is 5.95 Å². The number of hydrogen-bond acceptors (Lipinski definition) is 4. The average Bonchev–Trinajstić information content (AvgIpc) is 3.59. The van der Waals surface area contributed by atoms with E-state index in [1.54, 1.807) is 0 Å². The van der Waals surface area contributed by atoms with Gasteiger partial charge in [-0.3, -0.25) is 4.57 Å². The molecule has 196 valence electrons. The Morgan fingerprint density at radius 2 is 1.07 bits per heavy atom. The lowest BCUT2D eigenvalue weighted by Gasteiger charge is -2.11. The van der Waals surface area contributed by atoms with E-state index in [4.69, 9.17) is 15.0 Å². The van der Waals surface area contributed by atoms with Gasteiger partial charge in [0.05, 0.1) is 15.7 Å². The molecule has 0 bridgehead atoms. The van der Waals surface area contributed by atoms with Gasteiger partial charge >= 0.3 is 0 Å². The van der Waals surface area contributed by atoms with E-state index < -0.39 is 0 Å². The fourth-order valence-corrected chi connectivity index (χ4v) is 7.34. The number of nitrogens with zero attached hydrogens (tertiary/aromatic N) is 4. The van der Waals surface area contributed by atoms with Crippen LogP contribution in [0.4, 0.5) is 0 Å². The molecule has 6 aromatic carbocycles. The molecule has 0 radical (unpaired) electrons. The van der Waals surface area contributed by atoms with E-state index in [9.17, 15) is 0 Å². The summed E-state index contributed by atoms with van der Waals surface area (Å²) in [5, 5.41) is 7.40. The highest BCUT2D eigenvalue weighted by Crippen LogP contribution is 2.43. The molecule has 0 aliphatic heterocycles. The van der Waals surface area contributed by atoms with Crippen molar-refractivity contribution in [1.29, 1.82) is 0 Å². The summed E-state index contributed by atoms with van der Waals surface area (Å²) < 4.78 is 4.75. The van der Waals surface area contributed by atoms with Crippen LogP contribution < -0.4 is 0 Å². The first kappa shape index (κ1) is 23.3. The first-order valence-electron chi connectivity index (χ1n) is 14.0.